The Morgan fingerprint density at radius 1 is 1.03 bits per heavy atom. The van der Waals surface area contributed by atoms with Crippen LogP contribution in [-0.2, 0) is 14.9 Å². The van der Waals surface area contributed by atoms with Crippen LogP contribution in [0, 0.1) is 0 Å². The summed E-state index contributed by atoms with van der Waals surface area (Å²) in [5, 5.41) is 5.96. The molecule has 1 fully saturated rings. The fourth-order valence-electron chi connectivity index (χ4n) is 3.99. The van der Waals surface area contributed by atoms with Gasteiger partial charge in [-0.15, -0.1) is 0 Å². The Bertz CT molecular complexity index is 814. The number of amides is 2. The van der Waals surface area contributed by atoms with Crippen LogP contribution in [0.2, 0.25) is 0 Å². The number of benzene rings is 2. The third-order valence-electron chi connectivity index (χ3n) is 5.56. The van der Waals surface area contributed by atoms with Crippen LogP contribution in [-0.4, -0.2) is 31.6 Å². The van der Waals surface area contributed by atoms with Crippen molar-refractivity contribution in [1.82, 2.24) is 5.32 Å². The second-order valence-corrected chi connectivity index (χ2v) is 7.50. The van der Waals surface area contributed by atoms with Crippen LogP contribution < -0.4 is 10.6 Å². The molecule has 2 N–H and O–H groups in total. The van der Waals surface area contributed by atoms with E-state index in [-0.39, 0.29) is 11.8 Å². The molecule has 0 heterocycles. The van der Waals surface area contributed by atoms with E-state index in [0.29, 0.717) is 31.0 Å². The maximum Gasteiger partial charge on any atom is 0.251 e. The van der Waals surface area contributed by atoms with E-state index in [1.54, 1.807) is 18.2 Å². The standard InChI is InChI=1S/C24H30N2O3/c1-2-29-17-9-16-25-22(27)19-10-8-13-21(18-19)26-23(28)24(14-6-7-15-24)20-11-4-3-5-12-20/h3-5,8,10-13,18H,2,6-7,9,14-17H2,1H3,(H,25,27)(H,26,28). The largest absolute Gasteiger partial charge is 0.382 e. The van der Waals surface area contributed by atoms with Crippen molar-refractivity contribution in [3.8, 4) is 0 Å². The Kier molecular flexibility index (Phi) is 7.42. The van der Waals surface area contributed by atoms with Gasteiger partial charge in [0.25, 0.3) is 5.91 Å². The predicted molar refractivity (Wildman–Crippen MR) is 115 cm³/mol. The van der Waals surface area contributed by atoms with E-state index >= 15 is 0 Å². The lowest BCUT2D eigenvalue weighted by molar-refractivity contribution is -0.121. The zero-order chi connectivity index (χ0) is 20.5. The van der Waals surface area contributed by atoms with Crippen molar-refractivity contribution in [3.05, 3.63) is 65.7 Å². The van der Waals surface area contributed by atoms with E-state index in [1.165, 1.54) is 0 Å². The van der Waals surface area contributed by atoms with Crippen LogP contribution in [0.15, 0.2) is 54.6 Å². The zero-order valence-electron chi connectivity index (χ0n) is 17.1. The number of rotatable bonds is 9. The number of hydrogen-bond acceptors (Lipinski definition) is 3. The molecule has 0 aromatic heterocycles. The Morgan fingerprint density at radius 3 is 2.52 bits per heavy atom. The maximum absolute atomic E-state index is 13.3. The molecule has 154 valence electrons. The van der Waals surface area contributed by atoms with Crippen LogP contribution in [0.1, 0.15) is 54.9 Å². The first-order valence-electron chi connectivity index (χ1n) is 10.5. The number of carbonyl (C=O) groups excluding carboxylic acids is 2. The molecule has 0 atom stereocenters. The average Bonchev–Trinajstić information content (AvgIpc) is 3.26. The maximum atomic E-state index is 13.3. The van der Waals surface area contributed by atoms with Crippen LogP contribution in [0.25, 0.3) is 0 Å². The normalized spacial score (nSPS) is 15.1. The van der Waals surface area contributed by atoms with Gasteiger partial charge in [-0.2, -0.15) is 0 Å². The first-order valence-corrected chi connectivity index (χ1v) is 10.5. The van der Waals surface area contributed by atoms with Gasteiger partial charge in [0.15, 0.2) is 0 Å². The molecule has 5 nitrogen and oxygen atoms in total. The van der Waals surface area contributed by atoms with Crippen molar-refractivity contribution in [2.24, 2.45) is 0 Å². The highest BCUT2D eigenvalue weighted by atomic mass is 16.5. The Labute approximate surface area is 172 Å². The molecule has 1 saturated carbocycles. The summed E-state index contributed by atoms with van der Waals surface area (Å²) in [6.07, 6.45) is 4.57. The van der Waals surface area contributed by atoms with Gasteiger partial charge >= 0.3 is 0 Å². The van der Waals surface area contributed by atoms with E-state index in [2.05, 4.69) is 10.6 Å². The molecule has 0 saturated heterocycles. The van der Waals surface area contributed by atoms with Gasteiger partial charge in [0.05, 0.1) is 5.41 Å². The van der Waals surface area contributed by atoms with Crippen molar-refractivity contribution >= 4 is 17.5 Å². The third-order valence-corrected chi connectivity index (χ3v) is 5.56. The Hall–Kier alpha value is -2.66. The minimum Gasteiger partial charge on any atom is -0.382 e. The summed E-state index contributed by atoms with van der Waals surface area (Å²) in [5.41, 5.74) is 1.77. The monoisotopic (exact) mass is 394 g/mol. The summed E-state index contributed by atoms with van der Waals surface area (Å²) >= 11 is 0. The van der Waals surface area contributed by atoms with Crippen molar-refractivity contribution in [2.75, 3.05) is 25.1 Å². The molecule has 29 heavy (non-hydrogen) atoms. The van der Waals surface area contributed by atoms with Gasteiger partial charge in [-0.25, -0.2) is 0 Å². The summed E-state index contributed by atoms with van der Waals surface area (Å²) in [5.74, 6) is -0.133. The van der Waals surface area contributed by atoms with Crippen molar-refractivity contribution in [2.45, 2.75) is 44.4 Å². The molecule has 2 aromatic rings. The molecule has 1 aliphatic carbocycles. The van der Waals surface area contributed by atoms with Crippen molar-refractivity contribution in [3.63, 3.8) is 0 Å². The first-order chi connectivity index (χ1) is 14.2. The summed E-state index contributed by atoms with van der Waals surface area (Å²) in [7, 11) is 0. The lowest BCUT2D eigenvalue weighted by Gasteiger charge is -2.28. The summed E-state index contributed by atoms with van der Waals surface area (Å²) in [6.45, 7) is 3.83. The summed E-state index contributed by atoms with van der Waals surface area (Å²) in [6, 6.07) is 17.2. The van der Waals surface area contributed by atoms with Crippen LogP contribution in [0.3, 0.4) is 0 Å². The molecular formula is C24H30N2O3. The van der Waals surface area contributed by atoms with E-state index in [0.717, 1.165) is 37.7 Å². The highest BCUT2D eigenvalue weighted by Gasteiger charge is 2.42. The van der Waals surface area contributed by atoms with Crippen LogP contribution in [0.4, 0.5) is 5.69 Å². The second kappa shape index (κ2) is 10.2. The van der Waals surface area contributed by atoms with E-state index in [1.807, 2.05) is 43.3 Å². The van der Waals surface area contributed by atoms with Gasteiger partial charge < -0.3 is 15.4 Å². The van der Waals surface area contributed by atoms with Crippen LogP contribution >= 0.6 is 0 Å². The fraction of sp³-hybridized carbons (Fsp3) is 0.417. The molecule has 2 aromatic carbocycles. The molecule has 0 radical (unpaired) electrons. The summed E-state index contributed by atoms with van der Waals surface area (Å²) in [4.78, 5) is 25.7. The molecule has 3 rings (SSSR count). The zero-order valence-corrected chi connectivity index (χ0v) is 17.1. The van der Waals surface area contributed by atoms with Gasteiger partial charge in [0.2, 0.25) is 5.91 Å². The number of hydrogen-bond donors (Lipinski definition) is 2. The number of anilines is 1. The van der Waals surface area contributed by atoms with E-state index in [4.69, 9.17) is 4.74 Å². The van der Waals surface area contributed by atoms with Gasteiger partial charge in [-0.1, -0.05) is 49.2 Å². The lowest BCUT2D eigenvalue weighted by Crippen LogP contribution is -2.38. The molecule has 0 spiro atoms. The SMILES string of the molecule is CCOCCCNC(=O)c1cccc(NC(=O)C2(c3ccccc3)CCCC2)c1. The minimum absolute atomic E-state index is 0.00970. The predicted octanol–water partition coefficient (Wildman–Crippen LogP) is 4.29. The van der Waals surface area contributed by atoms with E-state index < -0.39 is 5.41 Å². The molecule has 0 bridgehead atoms. The highest BCUT2D eigenvalue weighted by molar-refractivity contribution is 6.01. The molecular weight excluding hydrogens is 364 g/mol. The summed E-state index contributed by atoms with van der Waals surface area (Å²) < 4.78 is 5.28. The van der Waals surface area contributed by atoms with Gasteiger partial charge in [-0.05, 0) is 49.9 Å². The highest BCUT2D eigenvalue weighted by Crippen LogP contribution is 2.42. The lowest BCUT2D eigenvalue weighted by atomic mass is 9.78. The fourth-order valence-corrected chi connectivity index (χ4v) is 3.99. The molecule has 0 unspecified atom stereocenters. The van der Waals surface area contributed by atoms with Gasteiger partial charge in [0, 0.05) is 31.0 Å². The molecule has 5 heteroatoms. The minimum atomic E-state index is -0.487. The number of ether oxygens (including phenoxy) is 1. The van der Waals surface area contributed by atoms with Crippen LogP contribution in [0.5, 0.6) is 0 Å². The third kappa shape index (κ3) is 5.24. The second-order valence-electron chi connectivity index (χ2n) is 7.50. The number of carbonyl (C=O) groups is 2. The quantitative estimate of drug-likeness (QED) is 0.624. The number of nitrogens with one attached hydrogen (secondary N) is 2. The van der Waals surface area contributed by atoms with E-state index in [9.17, 15) is 9.59 Å². The smallest absolute Gasteiger partial charge is 0.251 e. The van der Waals surface area contributed by atoms with Crippen molar-refractivity contribution < 1.29 is 14.3 Å². The van der Waals surface area contributed by atoms with Crippen molar-refractivity contribution in [1.29, 1.82) is 0 Å². The van der Waals surface area contributed by atoms with Gasteiger partial charge in [-0.3, -0.25) is 9.59 Å². The molecule has 1 aliphatic rings. The molecule has 0 aliphatic heterocycles. The Balaban J connectivity index is 1.66. The first kappa shape index (κ1) is 21.1. The molecule has 2 amide bonds. The topological polar surface area (TPSA) is 67.4 Å². The van der Waals surface area contributed by atoms with Gasteiger partial charge in [0.1, 0.15) is 0 Å². The average molecular weight is 395 g/mol. The Morgan fingerprint density at radius 2 is 1.79 bits per heavy atom.